The molecule has 0 aliphatic carbocycles. The van der Waals surface area contributed by atoms with Gasteiger partial charge in [0, 0.05) is 11.3 Å². The van der Waals surface area contributed by atoms with Crippen LogP contribution in [0.1, 0.15) is 26.5 Å². The van der Waals surface area contributed by atoms with Crippen LogP contribution in [-0.4, -0.2) is 25.0 Å². The van der Waals surface area contributed by atoms with E-state index in [0.29, 0.717) is 24.4 Å². The standard InChI is InChI=1S/C21H20N2O4/c1-15-4-2-5-18(14-15)26-13-11-22-20(24)16-7-9-17(10-8-16)23-21(25)19-6-3-12-27-19/h2-10,12,14H,11,13H2,1H3,(H,22,24)(H,23,25). The summed E-state index contributed by atoms with van der Waals surface area (Å²) in [5.41, 5.74) is 2.20. The van der Waals surface area contributed by atoms with Gasteiger partial charge in [0.15, 0.2) is 5.76 Å². The predicted octanol–water partition coefficient (Wildman–Crippen LogP) is 3.65. The number of benzene rings is 2. The van der Waals surface area contributed by atoms with Crippen molar-refractivity contribution in [1.82, 2.24) is 5.32 Å². The monoisotopic (exact) mass is 364 g/mol. The molecule has 1 heterocycles. The Hall–Kier alpha value is -3.54. The molecule has 0 atom stereocenters. The third kappa shape index (κ3) is 5.22. The van der Waals surface area contributed by atoms with E-state index in [0.717, 1.165) is 11.3 Å². The van der Waals surface area contributed by atoms with Gasteiger partial charge in [0.1, 0.15) is 12.4 Å². The molecule has 27 heavy (non-hydrogen) atoms. The third-order valence-electron chi connectivity index (χ3n) is 3.80. The zero-order valence-electron chi connectivity index (χ0n) is 14.9. The van der Waals surface area contributed by atoms with Crippen molar-refractivity contribution < 1.29 is 18.7 Å². The second-order valence-electron chi connectivity index (χ2n) is 5.93. The number of nitrogens with one attached hydrogen (secondary N) is 2. The summed E-state index contributed by atoms with van der Waals surface area (Å²) in [6.07, 6.45) is 1.44. The molecule has 0 saturated heterocycles. The van der Waals surface area contributed by atoms with E-state index >= 15 is 0 Å². The maximum atomic E-state index is 12.2. The summed E-state index contributed by atoms with van der Waals surface area (Å²) < 4.78 is 10.6. The summed E-state index contributed by atoms with van der Waals surface area (Å²) in [6.45, 7) is 2.77. The number of hydrogen-bond donors (Lipinski definition) is 2. The van der Waals surface area contributed by atoms with Crippen LogP contribution in [0.15, 0.2) is 71.3 Å². The minimum Gasteiger partial charge on any atom is -0.492 e. The average molecular weight is 364 g/mol. The number of carbonyl (C=O) groups is 2. The maximum absolute atomic E-state index is 12.2. The average Bonchev–Trinajstić information content (AvgIpc) is 3.21. The Morgan fingerprint density at radius 1 is 1.00 bits per heavy atom. The van der Waals surface area contributed by atoms with Gasteiger partial charge in [-0.15, -0.1) is 0 Å². The molecule has 3 aromatic rings. The highest BCUT2D eigenvalue weighted by Crippen LogP contribution is 2.13. The molecule has 0 radical (unpaired) electrons. The topological polar surface area (TPSA) is 80.6 Å². The molecule has 0 fully saturated rings. The van der Waals surface area contributed by atoms with Crippen molar-refractivity contribution in [3.63, 3.8) is 0 Å². The molecule has 6 heteroatoms. The zero-order valence-corrected chi connectivity index (χ0v) is 14.9. The van der Waals surface area contributed by atoms with Crippen molar-refractivity contribution in [1.29, 1.82) is 0 Å². The van der Waals surface area contributed by atoms with Crippen molar-refractivity contribution >= 4 is 17.5 Å². The largest absolute Gasteiger partial charge is 0.492 e. The number of hydrogen-bond acceptors (Lipinski definition) is 4. The van der Waals surface area contributed by atoms with Crippen molar-refractivity contribution in [2.75, 3.05) is 18.5 Å². The van der Waals surface area contributed by atoms with Gasteiger partial charge in [0.25, 0.3) is 11.8 Å². The van der Waals surface area contributed by atoms with Crippen molar-refractivity contribution in [2.45, 2.75) is 6.92 Å². The Bertz CT molecular complexity index is 902. The first-order valence-corrected chi connectivity index (χ1v) is 8.54. The molecule has 2 aromatic carbocycles. The van der Waals surface area contributed by atoms with E-state index in [-0.39, 0.29) is 17.6 Å². The highest BCUT2D eigenvalue weighted by molar-refractivity contribution is 6.02. The molecule has 0 spiro atoms. The normalized spacial score (nSPS) is 10.3. The summed E-state index contributed by atoms with van der Waals surface area (Å²) >= 11 is 0. The third-order valence-corrected chi connectivity index (χ3v) is 3.80. The van der Waals surface area contributed by atoms with Crippen molar-refractivity contribution in [3.8, 4) is 5.75 Å². The Balaban J connectivity index is 1.45. The van der Waals surface area contributed by atoms with Crippen LogP contribution < -0.4 is 15.4 Å². The van der Waals surface area contributed by atoms with E-state index < -0.39 is 0 Å². The lowest BCUT2D eigenvalue weighted by atomic mass is 10.2. The highest BCUT2D eigenvalue weighted by atomic mass is 16.5. The molecular formula is C21H20N2O4. The summed E-state index contributed by atoms with van der Waals surface area (Å²) in [4.78, 5) is 24.1. The Morgan fingerprint density at radius 3 is 2.52 bits per heavy atom. The predicted molar refractivity (Wildman–Crippen MR) is 102 cm³/mol. The minimum atomic E-state index is -0.342. The van der Waals surface area contributed by atoms with Gasteiger partial charge in [-0.2, -0.15) is 0 Å². The van der Waals surface area contributed by atoms with Gasteiger partial charge in [0.2, 0.25) is 0 Å². The van der Waals surface area contributed by atoms with Gasteiger partial charge in [-0.05, 0) is 61.0 Å². The highest BCUT2D eigenvalue weighted by Gasteiger charge is 2.10. The van der Waals surface area contributed by atoms with Crippen LogP contribution in [0.2, 0.25) is 0 Å². The second kappa shape index (κ2) is 8.71. The Morgan fingerprint density at radius 2 is 1.81 bits per heavy atom. The molecule has 3 rings (SSSR count). The summed E-state index contributed by atoms with van der Waals surface area (Å²) in [5, 5.41) is 5.50. The second-order valence-corrected chi connectivity index (χ2v) is 5.93. The van der Waals surface area contributed by atoms with Crippen molar-refractivity contribution in [2.24, 2.45) is 0 Å². The van der Waals surface area contributed by atoms with Gasteiger partial charge < -0.3 is 19.8 Å². The molecular weight excluding hydrogens is 344 g/mol. The van der Waals surface area contributed by atoms with Gasteiger partial charge in [-0.25, -0.2) is 0 Å². The Labute approximate surface area is 157 Å². The minimum absolute atomic E-state index is 0.202. The summed E-state index contributed by atoms with van der Waals surface area (Å²) in [5.74, 6) is 0.462. The number of furan rings is 1. The SMILES string of the molecule is Cc1cccc(OCCNC(=O)c2ccc(NC(=O)c3ccco3)cc2)c1. The van der Waals surface area contributed by atoms with Gasteiger partial charge in [0.05, 0.1) is 12.8 Å². The van der Waals surface area contributed by atoms with Gasteiger partial charge in [-0.3, -0.25) is 9.59 Å². The van der Waals surface area contributed by atoms with Crippen LogP contribution in [0.3, 0.4) is 0 Å². The Kier molecular flexibility index (Phi) is 5.89. The lowest BCUT2D eigenvalue weighted by Crippen LogP contribution is -2.28. The summed E-state index contributed by atoms with van der Waals surface area (Å²) in [7, 11) is 0. The van der Waals surface area contributed by atoms with Crippen LogP contribution in [0.25, 0.3) is 0 Å². The van der Waals surface area contributed by atoms with Crippen LogP contribution in [0, 0.1) is 6.92 Å². The van der Waals surface area contributed by atoms with E-state index in [4.69, 9.17) is 9.15 Å². The molecule has 0 aliphatic heterocycles. The fourth-order valence-corrected chi connectivity index (χ4v) is 2.45. The number of ether oxygens (including phenoxy) is 1. The van der Waals surface area contributed by atoms with Crippen molar-refractivity contribution in [3.05, 3.63) is 83.8 Å². The first-order chi connectivity index (χ1) is 13.1. The number of anilines is 1. The van der Waals surface area contributed by atoms with Crippen LogP contribution in [0.4, 0.5) is 5.69 Å². The molecule has 0 saturated carbocycles. The molecule has 1 aromatic heterocycles. The number of aryl methyl sites for hydroxylation is 1. The fraction of sp³-hybridized carbons (Fsp3) is 0.143. The lowest BCUT2D eigenvalue weighted by molar-refractivity contribution is 0.0946. The van der Waals surface area contributed by atoms with Gasteiger partial charge in [-0.1, -0.05) is 12.1 Å². The van der Waals surface area contributed by atoms with E-state index in [9.17, 15) is 9.59 Å². The molecule has 0 aliphatic rings. The smallest absolute Gasteiger partial charge is 0.291 e. The van der Waals surface area contributed by atoms with Crippen LogP contribution in [-0.2, 0) is 0 Å². The first kappa shape index (κ1) is 18.3. The quantitative estimate of drug-likeness (QED) is 0.627. The number of rotatable bonds is 7. The number of carbonyl (C=O) groups excluding carboxylic acids is 2. The van der Waals surface area contributed by atoms with E-state index in [1.54, 1.807) is 36.4 Å². The molecule has 138 valence electrons. The fourth-order valence-electron chi connectivity index (χ4n) is 2.45. The molecule has 2 N–H and O–H groups in total. The summed E-state index contributed by atoms with van der Waals surface area (Å²) in [6, 6.07) is 17.6. The number of amides is 2. The molecule has 6 nitrogen and oxygen atoms in total. The zero-order chi connectivity index (χ0) is 19.1. The van der Waals surface area contributed by atoms with Crippen LogP contribution in [0.5, 0.6) is 5.75 Å². The lowest BCUT2D eigenvalue weighted by Gasteiger charge is -2.09. The van der Waals surface area contributed by atoms with Gasteiger partial charge >= 0.3 is 0 Å². The first-order valence-electron chi connectivity index (χ1n) is 8.54. The van der Waals surface area contributed by atoms with Crippen LogP contribution >= 0.6 is 0 Å². The maximum Gasteiger partial charge on any atom is 0.291 e. The van der Waals surface area contributed by atoms with E-state index in [1.165, 1.54) is 6.26 Å². The molecule has 2 amide bonds. The molecule has 0 bridgehead atoms. The van der Waals surface area contributed by atoms with E-state index in [2.05, 4.69) is 10.6 Å². The molecule has 0 unspecified atom stereocenters. The van der Waals surface area contributed by atoms with E-state index in [1.807, 2.05) is 31.2 Å².